The maximum atomic E-state index is 5.90. The van der Waals surface area contributed by atoms with Crippen LogP contribution in [0.3, 0.4) is 0 Å². The highest BCUT2D eigenvalue weighted by Crippen LogP contribution is 2.26. The fraction of sp³-hybridized carbons (Fsp3) is 0.308. The van der Waals surface area contributed by atoms with Gasteiger partial charge in [-0.3, -0.25) is 4.90 Å². The molecule has 7 nitrogen and oxygen atoms in total. The lowest BCUT2D eigenvalue weighted by Gasteiger charge is -2.15. The number of anilines is 2. The molecule has 2 aromatic heterocycles. The average molecular weight is 444 g/mol. The molecule has 0 unspecified atom stereocenters. The zero-order valence-corrected chi connectivity index (χ0v) is 18.9. The molecule has 2 aromatic carbocycles. The molecule has 0 saturated carbocycles. The van der Waals surface area contributed by atoms with Crippen molar-refractivity contribution in [3.05, 3.63) is 66.7 Å². The Hall–Kier alpha value is -3.58. The van der Waals surface area contributed by atoms with Crippen LogP contribution in [0.5, 0.6) is 11.5 Å². The molecule has 1 fully saturated rings. The van der Waals surface area contributed by atoms with Gasteiger partial charge in [0.05, 0.1) is 12.3 Å². The van der Waals surface area contributed by atoms with Gasteiger partial charge in [-0.25, -0.2) is 4.52 Å². The number of fused-ring (bicyclic) bond motifs is 1. The lowest BCUT2D eigenvalue weighted by molar-refractivity contribution is 0.238. The maximum absolute atomic E-state index is 5.90. The van der Waals surface area contributed by atoms with Crippen molar-refractivity contribution in [2.24, 2.45) is 0 Å². The van der Waals surface area contributed by atoms with E-state index in [9.17, 15) is 0 Å². The smallest absolute Gasteiger partial charge is 0.247 e. The summed E-state index contributed by atoms with van der Waals surface area (Å²) in [4.78, 5) is 7.09. The van der Waals surface area contributed by atoms with Crippen LogP contribution in [0.15, 0.2) is 66.7 Å². The normalized spacial score (nSPS) is 14.0. The Morgan fingerprint density at radius 1 is 0.909 bits per heavy atom. The van der Waals surface area contributed by atoms with Gasteiger partial charge in [0.15, 0.2) is 5.65 Å². The van der Waals surface area contributed by atoms with Crippen molar-refractivity contribution < 1.29 is 9.47 Å². The van der Waals surface area contributed by atoms with Gasteiger partial charge in [-0.2, -0.15) is 4.98 Å². The third kappa shape index (κ3) is 5.09. The summed E-state index contributed by atoms with van der Waals surface area (Å²) in [5.41, 5.74) is 3.67. The van der Waals surface area contributed by atoms with Gasteiger partial charge >= 0.3 is 0 Å². The second kappa shape index (κ2) is 9.92. The van der Waals surface area contributed by atoms with E-state index in [4.69, 9.17) is 14.6 Å². The molecule has 5 rings (SSSR count). The molecule has 1 aliphatic heterocycles. The zero-order valence-electron chi connectivity index (χ0n) is 18.9. The van der Waals surface area contributed by atoms with Gasteiger partial charge in [0.1, 0.15) is 18.1 Å². The van der Waals surface area contributed by atoms with Crippen molar-refractivity contribution in [3.8, 4) is 22.8 Å². The standard InChI is InChI=1S/C26H29N5O2/c1-2-32-23-8-5-7-20(19-23)24-9-6-10-25-28-26(29-31(24)25)27-21-11-13-22(14-12-21)33-18-17-30-15-3-4-16-30/h5-14,19H,2-4,15-18H2,1H3,(H,27,29). The molecule has 7 heteroatoms. The second-order valence-corrected chi connectivity index (χ2v) is 8.12. The molecule has 3 heterocycles. The number of likely N-dealkylation sites (tertiary alicyclic amines) is 1. The summed E-state index contributed by atoms with van der Waals surface area (Å²) < 4.78 is 13.4. The number of nitrogens with one attached hydrogen (secondary N) is 1. The van der Waals surface area contributed by atoms with Crippen molar-refractivity contribution in [1.29, 1.82) is 0 Å². The van der Waals surface area contributed by atoms with E-state index in [0.29, 0.717) is 19.2 Å². The molecule has 0 bridgehead atoms. The van der Waals surface area contributed by atoms with Crippen molar-refractivity contribution in [1.82, 2.24) is 19.5 Å². The summed E-state index contributed by atoms with van der Waals surface area (Å²) in [6.07, 6.45) is 2.61. The molecule has 0 aliphatic carbocycles. The summed E-state index contributed by atoms with van der Waals surface area (Å²) in [5, 5.41) is 7.99. The number of benzene rings is 2. The molecular formula is C26H29N5O2. The minimum absolute atomic E-state index is 0.547. The molecule has 1 aliphatic rings. The maximum Gasteiger partial charge on any atom is 0.247 e. The van der Waals surface area contributed by atoms with Crippen LogP contribution in [-0.2, 0) is 0 Å². The molecule has 170 valence electrons. The van der Waals surface area contributed by atoms with Crippen LogP contribution in [0.4, 0.5) is 11.6 Å². The molecule has 0 radical (unpaired) electrons. The molecule has 4 aromatic rings. The van der Waals surface area contributed by atoms with E-state index in [1.807, 2.05) is 72.1 Å². The van der Waals surface area contributed by atoms with Crippen LogP contribution in [-0.4, -0.2) is 52.3 Å². The highest BCUT2D eigenvalue weighted by molar-refractivity contribution is 5.66. The number of hydrogen-bond acceptors (Lipinski definition) is 6. The van der Waals surface area contributed by atoms with E-state index in [1.54, 1.807) is 0 Å². The topological polar surface area (TPSA) is 63.9 Å². The monoisotopic (exact) mass is 443 g/mol. The highest BCUT2D eigenvalue weighted by Gasteiger charge is 2.12. The Kier molecular flexibility index (Phi) is 6.39. The van der Waals surface area contributed by atoms with Gasteiger partial charge in [-0.1, -0.05) is 18.2 Å². The van der Waals surface area contributed by atoms with E-state index < -0.39 is 0 Å². The van der Waals surface area contributed by atoms with Crippen LogP contribution in [0, 0.1) is 0 Å². The Morgan fingerprint density at radius 3 is 2.55 bits per heavy atom. The molecule has 0 amide bonds. The minimum atomic E-state index is 0.547. The Balaban J connectivity index is 1.27. The molecule has 0 atom stereocenters. The summed E-state index contributed by atoms with van der Waals surface area (Å²) >= 11 is 0. The van der Waals surface area contributed by atoms with Crippen molar-refractivity contribution >= 4 is 17.3 Å². The van der Waals surface area contributed by atoms with Crippen molar-refractivity contribution in [2.75, 3.05) is 38.2 Å². The molecule has 33 heavy (non-hydrogen) atoms. The third-order valence-corrected chi connectivity index (χ3v) is 5.79. The summed E-state index contributed by atoms with van der Waals surface area (Å²) in [6, 6.07) is 21.9. The van der Waals surface area contributed by atoms with E-state index in [2.05, 4.69) is 21.3 Å². The van der Waals surface area contributed by atoms with Gasteiger partial charge in [0.2, 0.25) is 5.95 Å². The number of rotatable bonds is 9. The summed E-state index contributed by atoms with van der Waals surface area (Å²) in [6.45, 7) is 6.70. The van der Waals surface area contributed by atoms with Crippen molar-refractivity contribution in [2.45, 2.75) is 19.8 Å². The average Bonchev–Trinajstić information content (AvgIpc) is 3.50. The van der Waals surface area contributed by atoms with Gasteiger partial charge < -0.3 is 14.8 Å². The first kappa shape index (κ1) is 21.3. The lowest BCUT2D eigenvalue weighted by Crippen LogP contribution is -2.25. The predicted octanol–water partition coefficient (Wildman–Crippen LogP) is 5.01. The third-order valence-electron chi connectivity index (χ3n) is 5.79. The first-order valence-corrected chi connectivity index (χ1v) is 11.6. The van der Waals surface area contributed by atoms with Crippen LogP contribution < -0.4 is 14.8 Å². The van der Waals surface area contributed by atoms with Gasteiger partial charge in [0.25, 0.3) is 0 Å². The fourth-order valence-corrected chi connectivity index (χ4v) is 4.15. The summed E-state index contributed by atoms with van der Waals surface area (Å²) in [5.74, 6) is 2.26. The SMILES string of the molecule is CCOc1cccc(-c2cccc3nc(Nc4ccc(OCCN5CCCC5)cc4)nn23)c1. The van der Waals surface area contributed by atoms with E-state index in [-0.39, 0.29) is 0 Å². The second-order valence-electron chi connectivity index (χ2n) is 8.12. The van der Waals surface area contributed by atoms with Crippen molar-refractivity contribution in [3.63, 3.8) is 0 Å². The van der Waals surface area contributed by atoms with Crippen LogP contribution in [0.25, 0.3) is 16.9 Å². The first-order chi connectivity index (χ1) is 16.3. The quantitative estimate of drug-likeness (QED) is 0.392. The minimum Gasteiger partial charge on any atom is -0.494 e. The number of hydrogen-bond donors (Lipinski definition) is 1. The van der Waals surface area contributed by atoms with E-state index in [0.717, 1.165) is 40.6 Å². The molecule has 0 spiro atoms. The largest absolute Gasteiger partial charge is 0.494 e. The Morgan fingerprint density at radius 2 is 1.73 bits per heavy atom. The number of pyridine rings is 1. The lowest BCUT2D eigenvalue weighted by atomic mass is 10.1. The predicted molar refractivity (Wildman–Crippen MR) is 130 cm³/mol. The van der Waals surface area contributed by atoms with Crippen LogP contribution in [0.2, 0.25) is 0 Å². The van der Waals surface area contributed by atoms with Gasteiger partial charge in [-0.05, 0) is 81.4 Å². The van der Waals surface area contributed by atoms with Gasteiger partial charge in [-0.15, -0.1) is 5.10 Å². The van der Waals surface area contributed by atoms with Crippen LogP contribution >= 0.6 is 0 Å². The Labute approximate surface area is 194 Å². The van der Waals surface area contributed by atoms with E-state index in [1.165, 1.54) is 25.9 Å². The van der Waals surface area contributed by atoms with E-state index >= 15 is 0 Å². The number of aromatic nitrogens is 3. The highest BCUT2D eigenvalue weighted by atomic mass is 16.5. The molecule has 1 N–H and O–H groups in total. The Bertz CT molecular complexity index is 1200. The van der Waals surface area contributed by atoms with Crippen LogP contribution in [0.1, 0.15) is 19.8 Å². The summed E-state index contributed by atoms with van der Waals surface area (Å²) in [7, 11) is 0. The zero-order chi connectivity index (χ0) is 22.5. The number of nitrogens with zero attached hydrogens (tertiary/aromatic N) is 4. The number of ether oxygens (including phenoxy) is 2. The molecular weight excluding hydrogens is 414 g/mol. The molecule has 1 saturated heterocycles. The van der Waals surface area contributed by atoms with Gasteiger partial charge in [0, 0.05) is 17.8 Å². The first-order valence-electron chi connectivity index (χ1n) is 11.6. The fourth-order valence-electron chi connectivity index (χ4n) is 4.15.